The molecule has 10 heteroatoms. The molecule has 27 heavy (non-hydrogen) atoms. The minimum absolute atomic E-state index is 0.188. The molecule has 0 radical (unpaired) electrons. The quantitative estimate of drug-likeness (QED) is 0.754. The fourth-order valence-corrected chi connectivity index (χ4v) is 3.65. The molecule has 142 valence electrons. The fourth-order valence-electron chi connectivity index (χ4n) is 2.47. The molecule has 1 heterocycles. The Balaban J connectivity index is 1.78. The number of rotatable bonds is 5. The molecular formula is C17H12ClF2NO5S. The zero-order valence-electron chi connectivity index (χ0n) is 13.5. The SMILES string of the molecule is NC1=C(OS(=O)(=O)Cc2cc(F)cc(F)c2)C(=O)C(c2ccc(Cl)cc2)O1. The predicted molar refractivity (Wildman–Crippen MR) is 91.6 cm³/mol. The van der Waals surface area contributed by atoms with E-state index >= 15 is 0 Å². The standard InChI is InChI=1S/C17H12ClF2NO5S/c18-11-3-1-10(2-4-11)15-14(22)16(17(21)25-15)26-27(23,24)8-9-5-12(19)7-13(20)6-9/h1-7,15H,8,21H2. The van der Waals surface area contributed by atoms with Crippen LogP contribution in [0.5, 0.6) is 0 Å². The number of hydrogen-bond acceptors (Lipinski definition) is 6. The van der Waals surface area contributed by atoms with Gasteiger partial charge in [0.05, 0.1) is 0 Å². The lowest BCUT2D eigenvalue weighted by molar-refractivity contribution is -0.123. The first-order valence-corrected chi connectivity index (χ1v) is 9.43. The zero-order valence-corrected chi connectivity index (χ0v) is 15.1. The smallest absolute Gasteiger partial charge is 0.313 e. The number of benzene rings is 2. The number of carbonyl (C=O) groups excluding carboxylic acids is 1. The highest BCUT2D eigenvalue weighted by molar-refractivity contribution is 7.86. The van der Waals surface area contributed by atoms with Crippen molar-refractivity contribution >= 4 is 27.5 Å². The lowest BCUT2D eigenvalue weighted by Gasteiger charge is -2.10. The van der Waals surface area contributed by atoms with Crippen LogP contribution >= 0.6 is 11.6 Å². The van der Waals surface area contributed by atoms with Crippen LogP contribution in [0.15, 0.2) is 54.1 Å². The molecule has 1 aliphatic rings. The van der Waals surface area contributed by atoms with E-state index in [0.29, 0.717) is 16.7 Å². The number of halogens is 3. The first kappa shape index (κ1) is 19.1. The monoisotopic (exact) mass is 415 g/mol. The van der Waals surface area contributed by atoms with Gasteiger partial charge in [-0.1, -0.05) is 23.7 Å². The summed E-state index contributed by atoms with van der Waals surface area (Å²) in [5, 5.41) is 0.437. The van der Waals surface area contributed by atoms with Crippen molar-refractivity contribution in [2.45, 2.75) is 11.9 Å². The Morgan fingerprint density at radius 3 is 2.30 bits per heavy atom. The molecule has 0 aliphatic carbocycles. The van der Waals surface area contributed by atoms with E-state index in [9.17, 15) is 22.0 Å². The Morgan fingerprint density at radius 1 is 1.11 bits per heavy atom. The Bertz CT molecular complexity index is 1020. The number of ketones is 1. The van der Waals surface area contributed by atoms with Gasteiger partial charge in [0, 0.05) is 16.7 Å². The van der Waals surface area contributed by atoms with Crippen molar-refractivity contribution in [1.29, 1.82) is 0 Å². The van der Waals surface area contributed by atoms with Crippen molar-refractivity contribution in [2.75, 3.05) is 0 Å². The maximum absolute atomic E-state index is 13.2. The van der Waals surface area contributed by atoms with Crippen molar-refractivity contribution in [3.63, 3.8) is 0 Å². The van der Waals surface area contributed by atoms with Crippen molar-refractivity contribution in [2.24, 2.45) is 5.73 Å². The van der Waals surface area contributed by atoms with E-state index in [0.717, 1.165) is 12.1 Å². The molecule has 0 bridgehead atoms. The van der Waals surface area contributed by atoms with Gasteiger partial charge >= 0.3 is 10.1 Å². The van der Waals surface area contributed by atoms with E-state index in [1.165, 1.54) is 24.3 Å². The summed E-state index contributed by atoms with van der Waals surface area (Å²) < 4.78 is 60.7. The van der Waals surface area contributed by atoms with Crippen LogP contribution in [0.3, 0.4) is 0 Å². The number of ether oxygens (including phenoxy) is 1. The molecule has 0 amide bonds. The summed E-state index contributed by atoms with van der Waals surface area (Å²) in [6.07, 6.45) is -1.18. The second-order valence-corrected chi connectivity index (χ2v) is 7.68. The van der Waals surface area contributed by atoms with Crippen molar-refractivity contribution in [3.8, 4) is 0 Å². The summed E-state index contributed by atoms with van der Waals surface area (Å²) in [6, 6.07) is 8.37. The average Bonchev–Trinajstić information content (AvgIpc) is 2.82. The third kappa shape index (κ3) is 4.37. The lowest BCUT2D eigenvalue weighted by atomic mass is 10.1. The number of Topliss-reactive ketones (excluding diaryl/α,β-unsaturated/α-hetero) is 1. The fraction of sp³-hybridized carbons (Fsp3) is 0.118. The second kappa shape index (κ2) is 7.16. The number of nitrogens with two attached hydrogens (primary N) is 1. The van der Waals surface area contributed by atoms with Crippen LogP contribution in [0, 0.1) is 11.6 Å². The Labute approximate surface area is 158 Å². The normalized spacial score (nSPS) is 17.1. The third-order valence-electron chi connectivity index (χ3n) is 3.58. The van der Waals surface area contributed by atoms with Crippen LogP contribution in [0.2, 0.25) is 5.02 Å². The van der Waals surface area contributed by atoms with Crippen molar-refractivity contribution < 1.29 is 30.9 Å². The molecule has 2 N–H and O–H groups in total. The lowest BCUT2D eigenvalue weighted by Crippen LogP contribution is -2.16. The molecule has 6 nitrogen and oxygen atoms in total. The minimum atomic E-state index is -4.42. The summed E-state index contributed by atoms with van der Waals surface area (Å²) in [4.78, 5) is 12.4. The highest BCUT2D eigenvalue weighted by Crippen LogP contribution is 2.33. The third-order valence-corrected chi connectivity index (χ3v) is 4.94. The van der Waals surface area contributed by atoms with Gasteiger partial charge in [-0.15, -0.1) is 0 Å². The van der Waals surface area contributed by atoms with Crippen LogP contribution in [0.4, 0.5) is 8.78 Å². The van der Waals surface area contributed by atoms with Gasteiger partial charge < -0.3 is 14.7 Å². The Morgan fingerprint density at radius 2 is 1.70 bits per heavy atom. The van der Waals surface area contributed by atoms with Crippen LogP contribution in [0.25, 0.3) is 0 Å². The minimum Gasteiger partial charge on any atom is -0.460 e. The topological polar surface area (TPSA) is 95.7 Å². The second-order valence-electron chi connectivity index (χ2n) is 5.67. The van der Waals surface area contributed by atoms with E-state index in [-0.39, 0.29) is 5.56 Å². The van der Waals surface area contributed by atoms with E-state index in [1.54, 1.807) is 0 Å². The summed E-state index contributed by atoms with van der Waals surface area (Å²) in [7, 11) is -4.42. The molecule has 0 saturated heterocycles. The zero-order chi connectivity index (χ0) is 19.8. The van der Waals surface area contributed by atoms with Gasteiger partial charge in [-0.25, -0.2) is 8.78 Å². The highest BCUT2D eigenvalue weighted by Gasteiger charge is 2.39. The van der Waals surface area contributed by atoms with Gasteiger partial charge in [0.1, 0.15) is 17.4 Å². The number of hydrogen-bond donors (Lipinski definition) is 1. The van der Waals surface area contributed by atoms with Gasteiger partial charge in [-0.05, 0) is 29.8 Å². The maximum Gasteiger partial charge on any atom is 0.313 e. The van der Waals surface area contributed by atoms with E-state index in [1.807, 2.05) is 0 Å². The van der Waals surface area contributed by atoms with Gasteiger partial charge in [-0.2, -0.15) is 8.42 Å². The molecular weight excluding hydrogens is 404 g/mol. The summed E-state index contributed by atoms with van der Waals surface area (Å²) in [5.74, 6) is -4.74. The molecule has 1 aliphatic heterocycles. The first-order valence-electron chi connectivity index (χ1n) is 7.48. The Kier molecular flexibility index (Phi) is 5.07. The average molecular weight is 416 g/mol. The number of carbonyl (C=O) groups is 1. The molecule has 2 aromatic rings. The highest BCUT2D eigenvalue weighted by atomic mass is 35.5. The molecule has 2 aromatic carbocycles. The van der Waals surface area contributed by atoms with Crippen LogP contribution in [-0.4, -0.2) is 14.2 Å². The molecule has 0 fully saturated rings. The summed E-state index contributed by atoms with van der Waals surface area (Å²) in [6.45, 7) is 0. The van der Waals surface area contributed by atoms with E-state index in [4.69, 9.17) is 26.3 Å². The molecule has 0 spiro atoms. The maximum atomic E-state index is 13.2. The largest absolute Gasteiger partial charge is 0.460 e. The Hall–Kier alpha value is -2.65. The summed E-state index contributed by atoms with van der Waals surface area (Å²) in [5.41, 5.74) is 5.79. The predicted octanol–water partition coefficient (Wildman–Crippen LogP) is 2.93. The van der Waals surface area contributed by atoms with Crippen molar-refractivity contribution in [3.05, 3.63) is 81.9 Å². The van der Waals surface area contributed by atoms with E-state index < -0.39 is 51.0 Å². The van der Waals surface area contributed by atoms with Crippen LogP contribution in [-0.2, 0) is 29.6 Å². The first-order chi connectivity index (χ1) is 12.6. The van der Waals surface area contributed by atoms with E-state index in [2.05, 4.69) is 0 Å². The van der Waals surface area contributed by atoms with Gasteiger partial charge in [0.15, 0.2) is 6.10 Å². The molecule has 0 saturated carbocycles. The molecule has 0 aromatic heterocycles. The van der Waals surface area contributed by atoms with Gasteiger partial charge in [-0.3, -0.25) is 4.79 Å². The molecule has 1 atom stereocenters. The summed E-state index contributed by atoms with van der Waals surface area (Å²) >= 11 is 5.78. The van der Waals surface area contributed by atoms with Crippen molar-refractivity contribution in [1.82, 2.24) is 0 Å². The molecule has 1 unspecified atom stereocenters. The van der Waals surface area contributed by atoms with Gasteiger partial charge in [0.25, 0.3) is 0 Å². The molecule has 3 rings (SSSR count). The van der Waals surface area contributed by atoms with Gasteiger partial charge in [0.2, 0.25) is 17.4 Å². The van der Waals surface area contributed by atoms with Crippen LogP contribution in [0.1, 0.15) is 17.2 Å². The van der Waals surface area contributed by atoms with Crippen LogP contribution < -0.4 is 5.73 Å².